The van der Waals surface area contributed by atoms with E-state index in [-0.39, 0.29) is 12.4 Å². The van der Waals surface area contributed by atoms with Crippen LogP contribution in [0.4, 0.5) is 5.69 Å². The lowest BCUT2D eigenvalue weighted by molar-refractivity contribution is -0.112. The van der Waals surface area contributed by atoms with Gasteiger partial charge in [-0.15, -0.1) is 0 Å². The molecule has 0 aliphatic carbocycles. The molecule has 1 amide bonds. The van der Waals surface area contributed by atoms with Gasteiger partial charge in [-0.3, -0.25) is 4.79 Å². The number of carbonyl (C=O) groups is 1. The molecule has 0 aromatic heterocycles. The van der Waals surface area contributed by atoms with Gasteiger partial charge in [0.2, 0.25) is 6.79 Å². The first-order chi connectivity index (χ1) is 11.2. The first-order valence-electron chi connectivity index (χ1n) is 6.75. The molecular formula is C17H11BrN2O3. The molecule has 1 aliphatic heterocycles. The lowest BCUT2D eigenvalue weighted by Crippen LogP contribution is -2.13. The van der Waals surface area contributed by atoms with E-state index in [0.29, 0.717) is 22.7 Å². The van der Waals surface area contributed by atoms with Crippen LogP contribution in [0.15, 0.2) is 52.5 Å². The predicted molar refractivity (Wildman–Crippen MR) is 88.9 cm³/mol. The van der Waals surface area contributed by atoms with Crippen LogP contribution in [0.2, 0.25) is 0 Å². The Labute approximate surface area is 141 Å². The van der Waals surface area contributed by atoms with Crippen LogP contribution in [0, 0.1) is 11.3 Å². The number of nitrogens with zero attached hydrogens (tertiary/aromatic N) is 1. The van der Waals surface area contributed by atoms with Gasteiger partial charge in [-0.2, -0.15) is 5.26 Å². The Kier molecular flexibility index (Phi) is 4.31. The Morgan fingerprint density at radius 2 is 2.00 bits per heavy atom. The van der Waals surface area contributed by atoms with Crippen molar-refractivity contribution in [1.29, 1.82) is 5.26 Å². The molecule has 0 radical (unpaired) electrons. The first-order valence-corrected chi connectivity index (χ1v) is 7.54. The van der Waals surface area contributed by atoms with Crippen molar-refractivity contribution in [3.05, 3.63) is 58.1 Å². The maximum Gasteiger partial charge on any atom is 0.266 e. The Morgan fingerprint density at radius 1 is 1.22 bits per heavy atom. The van der Waals surface area contributed by atoms with Gasteiger partial charge in [0, 0.05) is 4.47 Å². The minimum atomic E-state index is -0.475. The second-order valence-electron chi connectivity index (χ2n) is 4.72. The van der Waals surface area contributed by atoms with Gasteiger partial charge in [0.05, 0.1) is 5.69 Å². The molecule has 1 aliphatic rings. The lowest BCUT2D eigenvalue weighted by Gasteiger charge is -2.06. The second-order valence-corrected chi connectivity index (χ2v) is 5.57. The van der Waals surface area contributed by atoms with Crippen LogP contribution in [0.1, 0.15) is 5.56 Å². The summed E-state index contributed by atoms with van der Waals surface area (Å²) in [7, 11) is 0. The van der Waals surface area contributed by atoms with Crippen molar-refractivity contribution in [2.24, 2.45) is 0 Å². The fraction of sp³-hybridized carbons (Fsp3) is 0.0588. The van der Waals surface area contributed by atoms with Gasteiger partial charge in [0.25, 0.3) is 5.91 Å². The van der Waals surface area contributed by atoms with Gasteiger partial charge in [-0.1, -0.05) is 18.2 Å². The Balaban J connectivity index is 1.83. The highest BCUT2D eigenvalue weighted by atomic mass is 79.9. The summed E-state index contributed by atoms with van der Waals surface area (Å²) in [5.41, 5.74) is 1.29. The van der Waals surface area contributed by atoms with Crippen molar-refractivity contribution in [1.82, 2.24) is 0 Å². The summed E-state index contributed by atoms with van der Waals surface area (Å²) in [6.45, 7) is 0.177. The number of para-hydroxylation sites is 1. The summed E-state index contributed by atoms with van der Waals surface area (Å²) in [6.07, 6.45) is 1.51. The summed E-state index contributed by atoms with van der Waals surface area (Å²) in [6, 6.07) is 14.3. The van der Waals surface area contributed by atoms with E-state index in [4.69, 9.17) is 9.47 Å². The van der Waals surface area contributed by atoms with Gasteiger partial charge in [0.1, 0.15) is 11.6 Å². The molecule has 0 fully saturated rings. The van der Waals surface area contributed by atoms with Crippen LogP contribution in [0.25, 0.3) is 6.08 Å². The van der Waals surface area contributed by atoms with E-state index >= 15 is 0 Å². The molecule has 1 heterocycles. The molecule has 6 heteroatoms. The zero-order valence-corrected chi connectivity index (χ0v) is 13.5. The van der Waals surface area contributed by atoms with Crippen LogP contribution in [-0.4, -0.2) is 12.7 Å². The second kappa shape index (κ2) is 6.55. The van der Waals surface area contributed by atoms with Crippen LogP contribution < -0.4 is 14.8 Å². The molecule has 23 heavy (non-hydrogen) atoms. The van der Waals surface area contributed by atoms with Crippen LogP contribution in [0.3, 0.4) is 0 Å². The highest BCUT2D eigenvalue weighted by Gasteiger charge is 2.15. The van der Waals surface area contributed by atoms with Crippen LogP contribution in [0.5, 0.6) is 11.5 Å². The largest absolute Gasteiger partial charge is 0.454 e. The molecule has 3 rings (SSSR count). The first kappa shape index (κ1) is 15.1. The van der Waals surface area contributed by atoms with E-state index in [9.17, 15) is 10.1 Å². The minimum Gasteiger partial charge on any atom is -0.454 e. The number of nitrogens with one attached hydrogen (secondary N) is 1. The summed E-state index contributed by atoms with van der Waals surface area (Å²) >= 11 is 3.35. The molecule has 0 bridgehead atoms. The van der Waals surface area contributed by atoms with Crippen molar-refractivity contribution < 1.29 is 14.3 Å². The number of hydrogen-bond donors (Lipinski definition) is 1. The number of anilines is 1. The Bertz CT molecular complexity index is 840. The minimum absolute atomic E-state index is 0.000353. The Hall–Kier alpha value is -2.78. The molecule has 114 valence electrons. The molecule has 5 nitrogen and oxygen atoms in total. The highest BCUT2D eigenvalue weighted by molar-refractivity contribution is 9.10. The third kappa shape index (κ3) is 3.35. The third-order valence-corrected chi connectivity index (χ3v) is 3.89. The maximum absolute atomic E-state index is 12.3. The summed E-state index contributed by atoms with van der Waals surface area (Å²) in [5, 5.41) is 12.0. The average Bonchev–Trinajstić information content (AvgIpc) is 3.02. The van der Waals surface area contributed by atoms with E-state index < -0.39 is 5.91 Å². The van der Waals surface area contributed by atoms with Gasteiger partial charge >= 0.3 is 0 Å². The number of carbonyl (C=O) groups excluding carboxylic acids is 1. The SMILES string of the molecule is N#C/C(=C\c1ccc2c(c1)OCO2)C(=O)Nc1ccccc1Br. The molecule has 2 aromatic carbocycles. The molecule has 0 atom stereocenters. The summed E-state index contributed by atoms with van der Waals surface area (Å²) < 4.78 is 11.3. The van der Waals surface area contributed by atoms with Crippen molar-refractivity contribution in [3.63, 3.8) is 0 Å². The molecule has 2 aromatic rings. The summed E-state index contributed by atoms with van der Waals surface area (Å²) in [5.74, 6) is 0.776. The third-order valence-electron chi connectivity index (χ3n) is 3.19. The Morgan fingerprint density at radius 3 is 2.78 bits per heavy atom. The predicted octanol–water partition coefficient (Wildman–Crippen LogP) is 3.72. The fourth-order valence-electron chi connectivity index (χ4n) is 2.07. The quantitative estimate of drug-likeness (QED) is 0.659. The molecule has 1 N–H and O–H groups in total. The van der Waals surface area contributed by atoms with E-state index in [2.05, 4.69) is 21.2 Å². The highest BCUT2D eigenvalue weighted by Crippen LogP contribution is 2.33. The van der Waals surface area contributed by atoms with Gasteiger partial charge < -0.3 is 14.8 Å². The van der Waals surface area contributed by atoms with Crippen molar-refractivity contribution in [3.8, 4) is 17.6 Å². The number of amides is 1. The topological polar surface area (TPSA) is 71.3 Å². The molecular weight excluding hydrogens is 360 g/mol. The molecule has 0 unspecified atom stereocenters. The van der Waals surface area contributed by atoms with Gasteiger partial charge in [0.15, 0.2) is 11.5 Å². The zero-order chi connectivity index (χ0) is 16.2. The normalized spacial score (nSPS) is 12.6. The number of halogens is 1. The van der Waals surface area contributed by atoms with Crippen molar-refractivity contribution in [2.45, 2.75) is 0 Å². The summed E-state index contributed by atoms with van der Waals surface area (Å²) in [4.78, 5) is 12.3. The fourth-order valence-corrected chi connectivity index (χ4v) is 2.45. The maximum atomic E-state index is 12.3. The van der Waals surface area contributed by atoms with Gasteiger partial charge in [-0.05, 0) is 51.8 Å². The number of rotatable bonds is 3. The lowest BCUT2D eigenvalue weighted by atomic mass is 10.1. The van der Waals surface area contributed by atoms with E-state index in [1.165, 1.54) is 6.08 Å². The zero-order valence-electron chi connectivity index (χ0n) is 11.9. The monoisotopic (exact) mass is 370 g/mol. The van der Waals surface area contributed by atoms with Crippen molar-refractivity contribution in [2.75, 3.05) is 12.1 Å². The molecule has 0 saturated heterocycles. The molecule has 0 saturated carbocycles. The number of ether oxygens (including phenoxy) is 2. The number of hydrogen-bond acceptors (Lipinski definition) is 4. The smallest absolute Gasteiger partial charge is 0.266 e. The number of benzene rings is 2. The van der Waals surface area contributed by atoms with E-state index in [1.54, 1.807) is 30.3 Å². The van der Waals surface area contributed by atoms with E-state index in [0.717, 1.165) is 4.47 Å². The standard InChI is InChI=1S/C17H11BrN2O3/c18-13-3-1-2-4-14(13)20-17(21)12(9-19)7-11-5-6-15-16(8-11)23-10-22-15/h1-8H,10H2,(H,20,21)/b12-7+. The van der Waals surface area contributed by atoms with Crippen LogP contribution in [-0.2, 0) is 4.79 Å². The number of nitriles is 1. The number of fused-ring (bicyclic) bond motifs is 1. The average molecular weight is 371 g/mol. The van der Waals surface area contributed by atoms with Gasteiger partial charge in [-0.25, -0.2) is 0 Å². The van der Waals surface area contributed by atoms with E-state index in [1.807, 2.05) is 18.2 Å². The molecule has 0 spiro atoms. The van der Waals surface area contributed by atoms with Crippen LogP contribution >= 0.6 is 15.9 Å². The van der Waals surface area contributed by atoms with Crippen molar-refractivity contribution >= 4 is 33.6 Å².